The number of carbonyl (C=O) groups is 1. The first-order chi connectivity index (χ1) is 14.5. The number of carbonyl (C=O) groups excluding carboxylic acids is 1. The minimum Gasteiger partial charge on any atom is -0.412 e. The number of fused-ring (bicyclic) bond motifs is 2. The van der Waals surface area contributed by atoms with Crippen LogP contribution in [-0.2, 0) is 19.1 Å². The Labute approximate surface area is 187 Å². The van der Waals surface area contributed by atoms with Crippen LogP contribution in [0.1, 0.15) is 50.1 Å². The molecule has 5 rings (SSSR count). The molecule has 0 spiro atoms. The fourth-order valence-electron chi connectivity index (χ4n) is 5.44. The lowest BCUT2D eigenvalue weighted by atomic mass is 9.77. The van der Waals surface area contributed by atoms with E-state index in [-0.39, 0.29) is 17.9 Å². The van der Waals surface area contributed by atoms with Gasteiger partial charge in [-0.1, -0.05) is 29.3 Å². The monoisotopic (exact) mass is 451 g/mol. The molecule has 1 aliphatic heterocycles. The van der Waals surface area contributed by atoms with Gasteiger partial charge < -0.3 is 14.3 Å². The lowest BCUT2D eigenvalue weighted by molar-refractivity contribution is -0.146. The molecule has 0 radical (unpaired) electrons. The second-order valence-electron chi connectivity index (χ2n) is 9.14. The highest BCUT2D eigenvalue weighted by atomic mass is 35.5. The Kier molecular flexibility index (Phi) is 5.61. The quantitative estimate of drug-likeness (QED) is 0.630. The number of ketones is 1. The first-order valence-electron chi connectivity index (χ1n) is 10.8. The molecule has 2 bridgehead atoms. The van der Waals surface area contributed by atoms with Crippen molar-refractivity contribution in [1.29, 1.82) is 0 Å². The maximum Gasteiger partial charge on any atom is 0.139 e. The molecule has 162 valence electrons. The van der Waals surface area contributed by atoms with Crippen molar-refractivity contribution >= 4 is 29.0 Å². The van der Waals surface area contributed by atoms with Gasteiger partial charge >= 0.3 is 0 Å². The molecule has 5 nitrogen and oxygen atoms in total. The molecule has 0 aromatic heterocycles. The van der Waals surface area contributed by atoms with Crippen molar-refractivity contribution in [2.45, 2.75) is 50.2 Å². The minimum atomic E-state index is -0.437. The van der Waals surface area contributed by atoms with Gasteiger partial charge in [-0.25, -0.2) is 0 Å². The first kappa shape index (κ1) is 20.8. The van der Waals surface area contributed by atoms with Gasteiger partial charge in [-0.15, -0.1) is 5.48 Å². The molecule has 1 heterocycles. The number of nitrogens with one attached hydrogen (secondary N) is 1. The molecule has 3 saturated carbocycles. The van der Waals surface area contributed by atoms with Gasteiger partial charge in [0.25, 0.3) is 0 Å². The number of hydroxylamine groups is 1. The van der Waals surface area contributed by atoms with E-state index < -0.39 is 5.60 Å². The Morgan fingerprint density at radius 3 is 2.33 bits per heavy atom. The molecule has 1 aromatic rings. The average molecular weight is 452 g/mol. The lowest BCUT2D eigenvalue weighted by Gasteiger charge is -2.39. The highest BCUT2D eigenvalue weighted by molar-refractivity contribution is 6.36. The molecule has 3 aliphatic carbocycles. The second-order valence-corrected chi connectivity index (χ2v) is 9.95. The van der Waals surface area contributed by atoms with Crippen molar-refractivity contribution < 1.29 is 19.1 Å². The van der Waals surface area contributed by atoms with Crippen LogP contribution in [0.25, 0.3) is 0 Å². The fourth-order valence-corrected chi connectivity index (χ4v) is 6.06. The van der Waals surface area contributed by atoms with Gasteiger partial charge in [0.15, 0.2) is 0 Å². The maximum atomic E-state index is 12.4. The molecule has 1 aromatic carbocycles. The summed E-state index contributed by atoms with van der Waals surface area (Å²) in [5.74, 6) is 1.99. The van der Waals surface area contributed by atoms with E-state index in [0.29, 0.717) is 35.0 Å². The smallest absolute Gasteiger partial charge is 0.139 e. The van der Waals surface area contributed by atoms with Crippen LogP contribution >= 0.6 is 23.2 Å². The fraction of sp³-hybridized carbons (Fsp3) is 0.609. The summed E-state index contributed by atoms with van der Waals surface area (Å²) in [6.07, 6.45) is 5.63. The molecule has 1 N–H and O–H groups in total. The predicted octanol–water partition coefficient (Wildman–Crippen LogP) is 5.02. The van der Waals surface area contributed by atoms with Crippen LogP contribution in [0.15, 0.2) is 29.5 Å². The topological polar surface area (TPSA) is 56.8 Å². The summed E-state index contributed by atoms with van der Waals surface area (Å²) < 4.78 is 12.2. The van der Waals surface area contributed by atoms with Crippen molar-refractivity contribution in [3.8, 4) is 0 Å². The van der Waals surface area contributed by atoms with Crippen molar-refractivity contribution in [2.24, 2.45) is 17.8 Å². The van der Waals surface area contributed by atoms with Gasteiger partial charge in [0.05, 0.1) is 24.9 Å². The Morgan fingerprint density at radius 2 is 1.73 bits per heavy atom. The van der Waals surface area contributed by atoms with E-state index in [2.05, 4.69) is 5.48 Å². The van der Waals surface area contributed by atoms with E-state index in [0.717, 1.165) is 55.4 Å². The zero-order valence-electron chi connectivity index (χ0n) is 17.1. The number of hydrogen-bond donors (Lipinski definition) is 1. The Balaban J connectivity index is 1.42. The number of benzene rings is 1. The molecule has 0 amide bonds. The third-order valence-electron chi connectivity index (χ3n) is 7.03. The standard InChI is InChI=1S/C23H27Cl2NO4/c1-28-12-23(9-14-7-8-15(10-23)21(14)27)29-11-16-20(26-30-22(16)13-5-6-13)19-17(24)3-2-4-18(19)25/h2-4,13-15,20,26H,5-12H2,1H3/t14-,15+,20?,23?. The number of Topliss-reactive ketones (excluding diaryl/α,β-unsaturated/α-hetero) is 1. The molecule has 7 heteroatoms. The van der Waals surface area contributed by atoms with E-state index in [1.807, 2.05) is 18.2 Å². The second kappa shape index (κ2) is 8.10. The summed E-state index contributed by atoms with van der Waals surface area (Å²) in [5, 5.41) is 1.21. The molecule has 3 fully saturated rings. The number of allylic oxidation sites excluding steroid dienone is 1. The van der Waals surface area contributed by atoms with Gasteiger partial charge in [-0.05, 0) is 50.7 Å². The number of methoxy groups -OCH3 is 1. The highest BCUT2D eigenvalue weighted by Crippen LogP contribution is 2.49. The van der Waals surface area contributed by atoms with E-state index in [4.69, 9.17) is 37.5 Å². The molecular formula is C23H27Cl2NO4. The highest BCUT2D eigenvalue weighted by Gasteiger charge is 2.50. The number of rotatable bonds is 7. The largest absolute Gasteiger partial charge is 0.412 e. The van der Waals surface area contributed by atoms with Gasteiger partial charge in [-0.3, -0.25) is 4.79 Å². The van der Waals surface area contributed by atoms with Crippen molar-refractivity contribution in [2.75, 3.05) is 20.3 Å². The van der Waals surface area contributed by atoms with Crippen LogP contribution in [-0.4, -0.2) is 31.7 Å². The van der Waals surface area contributed by atoms with Crippen LogP contribution in [0.4, 0.5) is 0 Å². The molecule has 2 unspecified atom stereocenters. The third kappa shape index (κ3) is 3.69. The average Bonchev–Trinajstić information content (AvgIpc) is 3.44. The van der Waals surface area contributed by atoms with Crippen LogP contribution in [0.5, 0.6) is 0 Å². The first-order valence-corrected chi connectivity index (χ1v) is 11.5. The molecule has 30 heavy (non-hydrogen) atoms. The van der Waals surface area contributed by atoms with Gasteiger partial charge in [0, 0.05) is 46.0 Å². The van der Waals surface area contributed by atoms with Crippen LogP contribution < -0.4 is 5.48 Å². The lowest BCUT2D eigenvalue weighted by Crippen LogP contribution is -2.47. The number of ether oxygens (including phenoxy) is 2. The van der Waals surface area contributed by atoms with E-state index in [1.165, 1.54) is 0 Å². The van der Waals surface area contributed by atoms with E-state index >= 15 is 0 Å². The van der Waals surface area contributed by atoms with Crippen molar-refractivity contribution in [3.05, 3.63) is 45.1 Å². The minimum absolute atomic E-state index is 0.0996. The molecule has 0 saturated heterocycles. The SMILES string of the molecule is COCC1(OCC2=C(C3CC3)ONC2c2c(Cl)cccc2Cl)C[C@H]2CC[C@@H](C1)C2=O. The van der Waals surface area contributed by atoms with Gasteiger partial charge in [0.1, 0.15) is 11.5 Å². The molecule has 4 atom stereocenters. The number of halogens is 2. The van der Waals surface area contributed by atoms with Crippen molar-refractivity contribution in [3.63, 3.8) is 0 Å². The zero-order valence-corrected chi connectivity index (χ0v) is 18.6. The summed E-state index contributed by atoms with van der Waals surface area (Å²) in [4.78, 5) is 18.4. The van der Waals surface area contributed by atoms with E-state index in [9.17, 15) is 4.79 Å². The van der Waals surface area contributed by atoms with Crippen LogP contribution in [0, 0.1) is 17.8 Å². The Bertz CT molecular complexity index is 846. The normalized spacial score (nSPS) is 33.3. The summed E-state index contributed by atoms with van der Waals surface area (Å²) in [6, 6.07) is 5.28. The van der Waals surface area contributed by atoms with Crippen molar-refractivity contribution in [1.82, 2.24) is 5.48 Å². The Hall–Kier alpha value is -1.11. The number of hydrogen-bond acceptors (Lipinski definition) is 5. The molecule has 4 aliphatic rings. The van der Waals surface area contributed by atoms with Gasteiger partial charge in [-0.2, -0.15) is 0 Å². The summed E-state index contributed by atoms with van der Waals surface area (Å²) in [7, 11) is 1.70. The Morgan fingerprint density at radius 1 is 1.10 bits per heavy atom. The van der Waals surface area contributed by atoms with E-state index in [1.54, 1.807) is 7.11 Å². The summed E-state index contributed by atoms with van der Waals surface area (Å²) in [6.45, 7) is 0.896. The van der Waals surface area contributed by atoms with Crippen LogP contribution in [0.2, 0.25) is 10.0 Å². The third-order valence-corrected chi connectivity index (χ3v) is 7.69. The zero-order chi connectivity index (χ0) is 20.9. The molecular weight excluding hydrogens is 425 g/mol. The van der Waals surface area contributed by atoms with Crippen LogP contribution in [0.3, 0.4) is 0 Å². The summed E-state index contributed by atoms with van der Waals surface area (Å²) >= 11 is 13.0. The summed E-state index contributed by atoms with van der Waals surface area (Å²) in [5.41, 5.74) is 4.56. The maximum absolute atomic E-state index is 12.4. The van der Waals surface area contributed by atoms with Gasteiger partial charge in [0.2, 0.25) is 0 Å². The predicted molar refractivity (Wildman–Crippen MR) is 114 cm³/mol.